The summed E-state index contributed by atoms with van der Waals surface area (Å²) in [5.41, 5.74) is 13.1. The second-order valence-electron chi connectivity index (χ2n) is 14.3. The van der Waals surface area contributed by atoms with E-state index in [-0.39, 0.29) is 0 Å². The van der Waals surface area contributed by atoms with E-state index in [4.69, 9.17) is 19.4 Å². The van der Waals surface area contributed by atoms with Gasteiger partial charge in [-0.25, -0.2) is 15.0 Å². The van der Waals surface area contributed by atoms with Gasteiger partial charge in [0.05, 0.1) is 11.0 Å². The minimum atomic E-state index is -0.549. The number of aromatic nitrogens is 3. The van der Waals surface area contributed by atoms with E-state index in [0.717, 1.165) is 55.3 Å². The number of fused-ring (bicyclic) bond motifs is 6. The SMILES string of the molecule is c1ccc(-c2nc(-c3cc4c(cc3-c3ccccc3)C(c3ccccc3)(c3ccccc3)c3ccccc3-4)nc(-c3cccc4c3oc3ccccc34)n2)cc1. The molecule has 4 heteroatoms. The van der Waals surface area contributed by atoms with Crippen LogP contribution in [0, 0.1) is 0 Å². The number of benzene rings is 8. The van der Waals surface area contributed by atoms with Crippen molar-refractivity contribution in [2.45, 2.75) is 5.41 Å². The molecule has 8 aromatic carbocycles. The van der Waals surface area contributed by atoms with Crippen LogP contribution in [0.3, 0.4) is 0 Å². The molecule has 1 aliphatic carbocycles. The molecule has 4 nitrogen and oxygen atoms in total. The van der Waals surface area contributed by atoms with E-state index in [1.54, 1.807) is 0 Å². The molecule has 0 spiro atoms. The summed E-state index contributed by atoms with van der Waals surface area (Å²) in [6.45, 7) is 0. The van der Waals surface area contributed by atoms with Gasteiger partial charge in [-0.15, -0.1) is 0 Å². The molecule has 0 saturated carbocycles. The highest BCUT2D eigenvalue weighted by atomic mass is 16.3. The van der Waals surface area contributed by atoms with Crippen LogP contribution in [0.15, 0.2) is 205 Å². The van der Waals surface area contributed by atoms with E-state index in [9.17, 15) is 0 Å². The summed E-state index contributed by atoms with van der Waals surface area (Å²) in [7, 11) is 0. The minimum Gasteiger partial charge on any atom is -0.455 e. The molecule has 0 aliphatic heterocycles. The highest BCUT2D eigenvalue weighted by Gasteiger charge is 2.46. The Kier molecular flexibility index (Phi) is 7.36. The summed E-state index contributed by atoms with van der Waals surface area (Å²) in [5.74, 6) is 1.75. The Balaban J connectivity index is 1.24. The predicted octanol–water partition coefficient (Wildman–Crippen LogP) is 12.8. The highest BCUT2D eigenvalue weighted by Crippen LogP contribution is 2.58. The molecule has 0 amide bonds. The molecule has 0 saturated heterocycles. The van der Waals surface area contributed by atoms with E-state index < -0.39 is 5.41 Å². The number of rotatable bonds is 6. The van der Waals surface area contributed by atoms with Gasteiger partial charge < -0.3 is 4.42 Å². The van der Waals surface area contributed by atoms with Gasteiger partial charge in [0, 0.05) is 21.9 Å². The molecule has 0 atom stereocenters. The van der Waals surface area contributed by atoms with E-state index in [1.165, 1.54) is 27.8 Å². The van der Waals surface area contributed by atoms with Crippen LogP contribution in [0.25, 0.3) is 78.4 Å². The maximum atomic E-state index is 6.53. The van der Waals surface area contributed by atoms with Crippen molar-refractivity contribution in [2.24, 2.45) is 0 Å². The molecule has 1 aliphatic rings. The zero-order valence-corrected chi connectivity index (χ0v) is 30.3. The van der Waals surface area contributed by atoms with Gasteiger partial charge in [-0.3, -0.25) is 0 Å². The van der Waals surface area contributed by atoms with Crippen LogP contribution in [-0.4, -0.2) is 15.0 Å². The maximum absolute atomic E-state index is 6.53. The minimum absolute atomic E-state index is 0.549. The number of nitrogens with zero attached hydrogens (tertiary/aromatic N) is 3. The average molecular weight is 716 g/mol. The molecule has 0 radical (unpaired) electrons. The Morgan fingerprint density at radius 3 is 1.59 bits per heavy atom. The first-order valence-electron chi connectivity index (χ1n) is 18.9. The van der Waals surface area contributed by atoms with Gasteiger partial charge in [-0.05, 0) is 68.8 Å². The van der Waals surface area contributed by atoms with Gasteiger partial charge in [-0.2, -0.15) is 0 Å². The monoisotopic (exact) mass is 715 g/mol. The molecule has 2 aromatic heterocycles. The standard InChI is InChI=1S/C52H33N3O/c1-5-18-34(19-6-1)42-33-46-43(38-26-13-15-30-45(38)52(46,36-22-9-3-10-23-36)37-24-11-4-12-25-37)32-44(42)51-54-49(35-20-7-2-8-21-35)53-50(55-51)41-29-17-28-40-39-27-14-16-31-47(39)56-48(40)41/h1-33H. The second-order valence-corrected chi connectivity index (χ2v) is 14.3. The zero-order valence-electron chi connectivity index (χ0n) is 30.3. The Bertz CT molecular complexity index is 3030. The third-order valence-corrected chi connectivity index (χ3v) is 11.2. The molecular formula is C52H33N3O. The Labute approximate surface area is 324 Å². The zero-order chi connectivity index (χ0) is 37.1. The molecule has 0 bridgehead atoms. The molecule has 2 heterocycles. The molecule has 0 fully saturated rings. The van der Waals surface area contributed by atoms with Crippen LogP contribution in [0.1, 0.15) is 22.3 Å². The maximum Gasteiger partial charge on any atom is 0.167 e. The van der Waals surface area contributed by atoms with Crippen molar-refractivity contribution in [1.82, 2.24) is 15.0 Å². The third-order valence-electron chi connectivity index (χ3n) is 11.2. The summed E-state index contributed by atoms with van der Waals surface area (Å²) in [4.78, 5) is 15.8. The quantitative estimate of drug-likeness (QED) is 0.172. The van der Waals surface area contributed by atoms with Gasteiger partial charge in [0.1, 0.15) is 11.2 Å². The molecule has 262 valence electrons. The van der Waals surface area contributed by atoms with E-state index in [2.05, 4.69) is 158 Å². The van der Waals surface area contributed by atoms with Crippen molar-refractivity contribution in [3.63, 3.8) is 0 Å². The van der Waals surface area contributed by atoms with Crippen LogP contribution in [0.5, 0.6) is 0 Å². The van der Waals surface area contributed by atoms with Crippen LogP contribution >= 0.6 is 0 Å². The van der Waals surface area contributed by atoms with Crippen LogP contribution in [0.4, 0.5) is 0 Å². The first-order chi connectivity index (χ1) is 27.8. The van der Waals surface area contributed by atoms with Gasteiger partial charge in [0.15, 0.2) is 17.5 Å². The predicted molar refractivity (Wildman–Crippen MR) is 226 cm³/mol. The molecule has 56 heavy (non-hydrogen) atoms. The molecule has 11 rings (SSSR count). The smallest absolute Gasteiger partial charge is 0.167 e. The highest BCUT2D eigenvalue weighted by molar-refractivity contribution is 6.09. The van der Waals surface area contributed by atoms with Gasteiger partial charge >= 0.3 is 0 Å². The van der Waals surface area contributed by atoms with Crippen molar-refractivity contribution in [2.75, 3.05) is 0 Å². The fraction of sp³-hybridized carbons (Fsp3) is 0.0192. The lowest BCUT2D eigenvalue weighted by atomic mass is 9.67. The first kappa shape index (κ1) is 32.0. The van der Waals surface area contributed by atoms with Gasteiger partial charge in [-0.1, -0.05) is 176 Å². The second kappa shape index (κ2) is 12.9. The van der Waals surface area contributed by atoms with E-state index in [1.807, 2.05) is 42.5 Å². The number of hydrogen-bond donors (Lipinski definition) is 0. The summed E-state index contributed by atoms with van der Waals surface area (Å²) < 4.78 is 6.53. The summed E-state index contributed by atoms with van der Waals surface area (Å²) in [5, 5.41) is 2.09. The molecule has 10 aromatic rings. The Morgan fingerprint density at radius 1 is 0.339 bits per heavy atom. The third kappa shape index (κ3) is 4.89. The topological polar surface area (TPSA) is 51.8 Å². The normalized spacial score (nSPS) is 12.8. The summed E-state index contributed by atoms with van der Waals surface area (Å²) >= 11 is 0. The molecular weight excluding hydrogens is 683 g/mol. The first-order valence-corrected chi connectivity index (χ1v) is 18.9. The number of furan rings is 1. The molecule has 0 N–H and O–H groups in total. The lowest BCUT2D eigenvalue weighted by Crippen LogP contribution is -2.28. The van der Waals surface area contributed by atoms with Crippen molar-refractivity contribution in [3.05, 3.63) is 222 Å². The van der Waals surface area contributed by atoms with Crippen molar-refractivity contribution in [3.8, 4) is 56.4 Å². The lowest BCUT2D eigenvalue weighted by molar-refractivity contribution is 0.669. The fourth-order valence-electron chi connectivity index (χ4n) is 8.79. The summed E-state index contributed by atoms with van der Waals surface area (Å²) in [6.07, 6.45) is 0. The summed E-state index contributed by atoms with van der Waals surface area (Å²) in [6, 6.07) is 70.5. The van der Waals surface area contributed by atoms with Crippen LogP contribution in [-0.2, 0) is 5.41 Å². The van der Waals surface area contributed by atoms with Crippen molar-refractivity contribution < 1.29 is 4.42 Å². The van der Waals surface area contributed by atoms with Gasteiger partial charge in [0.2, 0.25) is 0 Å². The largest absolute Gasteiger partial charge is 0.455 e. The van der Waals surface area contributed by atoms with Crippen molar-refractivity contribution >= 4 is 21.9 Å². The Hall–Kier alpha value is -7.43. The van der Waals surface area contributed by atoms with Crippen LogP contribution < -0.4 is 0 Å². The number of para-hydroxylation sites is 2. The average Bonchev–Trinajstić information content (AvgIpc) is 3.81. The van der Waals surface area contributed by atoms with E-state index >= 15 is 0 Å². The van der Waals surface area contributed by atoms with Gasteiger partial charge in [0.25, 0.3) is 0 Å². The Morgan fingerprint density at radius 2 is 0.875 bits per heavy atom. The lowest BCUT2D eigenvalue weighted by Gasteiger charge is -2.34. The molecule has 0 unspecified atom stereocenters. The van der Waals surface area contributed by atoms with Crippen LogP contribution in [0.2, 0.25) is 0 Å². The van der Waals surface area contributed by atoms with Crippen molar-refractivity contribution in [1.29, 1.82) is 0 Å². The van der Waals surface area contributed by atoms with E-state index in [0.29, 0.717) is 17.5 Å². The number of hydrogen-bond acceptors (Lipinski definition) is 4. The fourth-order valence-corrected chi connectivity index (χ4v) is 8.79.